The molecule has 0 radical (unpaired) electrons. The van der Waals surface area contributed by atoms with Gasteiger partial charge in [-0.05, 0) is 6.07 Å². The highest BCUT2D eigenvalue weighted by molar-refractivity contribution is 6.30. The van der Waals surface area contributed by atoms with Gasteiger partial charge in [-0.3, -0.25) is 4.79 Å². The number of rotatable bonds is 2. The lowest BCUT2D eigenvalue weighted by molar-refractivity contribution is -0.136. The summed E-state index contributed by atoms with van der Waals surface area (Å²) >= 11 is 5.26. The number of aliphatic carboxylic acids is 1. The number of carbonyl (C=O) groups is 1. The van der Waals surface area contributed by atoms with Crippen LogP contribution in [-0.4, -0.2) is 16.2 Å². The first-order chi connectivity index (χ1) is 6.43. The highest BCUT2D eigenvalue weighted by atomic mass is 35.5. The Bertz CT molecular complexity index is 393. The van der Waals surface area contributed by atoms with E-state index in [4.69, 9.17) is 21.8 Å². The maximum atomic E-state index is 12.8. The van der Waals surface area contributed by atoms with Crippen LogP contribution < -0.4 is 0 Å². The van der Waals surface area contributed by atoms with Crippen LogP contribution in [0.4, 0.5) is 8.78 Å². The topological polar surface area (TPSA) is 57.5 Å². The SMILES string of the molecule is O=C(O)Cc1cc(Cl)c(F)c(F)c1O. The molecule has 1 aromatic carbocycles. The van der Waals surface area contributed by atoms with Gasteiger partial charge in [0.2, 0.25) is 5.82 Å². The number of carboxylic acids is 1. The molecular weight excluding hydrogens is 218 g/mol. The summed E-state index contributed by atoms with van der Waals surface area (Å²) in [5, 5.41) is 16.8. The van der Waals surface area contributed by atoms with Crippen LogP contribution in [0.2, 0.25) is 5.02 Å². The summed E-state index contributed by atoms with van der Waals surface area (Å²) in [7, 11) is 0. The van der Waals surface area contributed by atoms with Gasteiger partial charge < -0.3 is 10.2 Å². The molecule has 0 aliphatic heterocycles. The summed E-state index contributed by atoms with van der Waals surface area (Å²) in [5.74, 6) is -5.22. The minimum atomic E-state index is -1.53. The first-order valence-corrected chi connectivity index (χ1v) is 3.88. The van der Waals surface area contributed by atoms with Gasteiger partial charge in [-0.2, -0.15) is 4.39 Å². The van der Waals surface area contributed by atoms with Gasteiger partial charge in [-0.15, -0.1) is 0 Å². The van der Waals surface area contributed by atoms with Crippen molar-refractivity contribution in [3.8, 4) is 5.75 Å². The Morgan fingerprint density at radius 3 is 2.50 bits per heavy atom. The number of hydrogen-bond donors (Lipinski definition) is 2. The second-order valence-corrected chi connectivity index (χ2v) is 2.97. The van der Waals surface area contributed by atoms with Crippen LogP contribution in [0.3, 0.4) is 0 Å². The monoisotopic (exact) mass is 222 g/mol. The third-order valence-corrected chi connectivity index (χ3v) is 1.83. The molecule has 0 amide bonds. The Balaban J connectivity index is 3.25. The Kier molecular flexibility index (Phi) is 2.90. The van der Waals surface area contributed by atoms with Crippen LogP contribution in [0.15, 0.2) is 6.07 Å². The van der Waals surface area contributed by atoms with Crippen molar-refractivity contribution in [2.24, 2.45) is 0 Å². The van der Waals surface area contributed by atoms with Gasteiger partial charge in [-0.1, -0.05) is 11.6 Å². The molecule has 76 valence electrons. The quantitative estimate of drug-likeness (QED) is 0.752. The number of hydrogen-bond acceptors (Lipinski definition) is 2. The third kappa shape index (κ3) is 1.93. The van der Waals surface area contributed by atoms with E-state index in [1.807, 2.05) is 0 Å². The van der Waals surface area contributed by atoms with Crippen molar-refractivity contribution in [1.29, 1.82) is 0 Å². The first kappa shape index (κ1) is 10.7. The predicted molar refractivity (Wildman–Crippen MR) is 44.4 cm³/mol. The summed E-state index contributed by atoms with van der Waals surface area (Å²) < 4.78 is 25.5. The lowest BCUT2D eigenvalue weighted by Crippen LogP contribution is -2.02. The summed E-state index contributed by atoms with van der Waals surface area (Å²) in [6.45, 7) is 0. The number of aromatic hydroxyl groups is 1. The number of phenolic OH excluding ortho intramolecular Hbond substituents is 1. The largest absolute Gasteiger partial charge is 0.505 e. The molecule has 3 nitrogen and oxygen atoms in total. The fraction of sp³-hybridized carbons (Fsp3) is 0.125. The first-order valence-electron chi connectivity index (χ1n) is 3.50. The van der Waals surface area contributed by atoms with Gasteiger partial charge in [0.25, 0.3) is 0 Å². The second kappa shape index (κ2) is 3.79. The van der Waals surface area contributed by atoms with E-state index in [-0.39, 0.29) is 5.56 Å². The second-order valence-electron chi connectivity index (χ2n) is 2.56. The van der Waals surface area contributed by atoms with Crippen LogP contribution in [0.1, 0.15) is 5.56 Å². The minimum absolute atomic E-state index is 0.263. The molecule has 2 N–H and O–H groups in total. The van der Waals surface area contributed by atoms with Crippen molar-refractivity contribution in [1.82, 2.24) is 0 Å². The standard InChI is InChI=1S/C8H5ClF2O3/c9-4-1-3(2-5(12)13)8(14)7(11)6(4)10/h1,14H,2H2,(H,12,13). The molecule has 0 saturated carbocycles. The van der Waals surface area contributed by atoms with E-state index >= 15 is 0 Å². The van der Waals surface area contributed by atoms with Gasteiger partial charge in [0.1, 0.15) is 0 Å². The zero-order chi connectivity index (χ0) is 10.9. The molecule has 0 unspecified atom stereocenters. The van der Waals surface area contributed by atoms with Gasteiger partial charge in [0.05, 0.1) is 11.4 Å². The number of phenols is 1. The van der Waals surface area contributed by atoms with E-state index in [9.17, 15) is 13.6 Å². The summed E-state index contributed by atoms with van der Waals surface area (Å²) in [5.41, 5.74) is -0.263. The number of carboxylic acid groups (broad SMARTS) is 1. The van der Waals surface area contributed by atoms with Crippen LogP contribution >= 0.6 is 11.6 Å². The molecule has 0 fully saturated rings. The average Bonchev–Trinajstić information content (AvgIpc) is 2.10. The Morgan fingerprint density at radius 1 is 1.43 bits per heavy atom. The van der Waals surface area contributed by atoms with E-state index in [1.54, 1.807) is 0 Å². The van der Waals surface area contributed by atoms with Gasteiger partial charge in [0, 0.05) is 5.56 Å². The van der Waals surface area contributed by atoms with E-state index in [2.05, 4.69) is 0 Å². The minimum Gasteiger partial charge on any atom is -0.505 e. The van der Waals surface area contributed by atoms with Crippen molar-refractivity contribution >= 4 is 17.6 Å². The highest BCUT2D eigenvalue weighted by Gasteiger charge is 2.18. The summed E-state index contributed by atoms with van der Waals surface area (Å²) in [4.78, 5) is 10.3. The van der Waals surface area contributed by atoms with Crippen molar-refractivity contribution < 1.29 is 23.8 Å². The summed E-state index contributed by atoms with van der Waals surface area (Å²) in [6.07, 6.45) is -0.622. The fourth-order valence-electron chi connectivity index (χ4n) is 0.932. The van der Waals surface area contributed by atoms with Crippen molar-refractivity contribution in [2.45, 2.75) is 6.42 Å². The average molecular weight is 223 g/mol. The van der Waals surface area contributed by atoms with Gasteiger partial charge >= 0.3 is 5.97 Å². The zero-order valence-corrected chi connectivity index (χ0v) is 7.48. The number of halogens is 3. The molecule has 14 heavy (non-hydrogen) atoms. The zero-order valence-electron chi connectivity index (χ0n) is 6.72. The number of benzene rings is 1. The Labute approximate surface area is 82.5 Å². The Hall–Kier alpha value is -1.36. The van der Waals surface area contributed by atoms with E-state index < -0.39 is 34.8 Å². The summed E-state index contributed by atoms with van der Waals surface area (Å²) in [6, 6.07) is 0.878. The van der Waals surface area contributed by atoms with Gasteiger partial charge in [0.15, 0.2) is 11.6 Å². The molecule has 6 heteroatoms. The lowest BCUT2D eigenvalue weighted by Gasteiger charge is -2.04. The maximum Gasteiger partial charge on any atom is 0.307 e. The third-order valence-electron chi connectivity index (χ3n) is 1.56. The lowest BCUT2D eigenvalue weighted by atomic mass is 10.1. The van der Waals surface area contributed by atoms with Crippen LogP contribution in [0.5, 0.6) is 5.75 Å². The van der Waals surface area contributed by atoms with Crippen LogP contribution in [0, 0.1) is 11.6 Å². The molecule has 1 aromatic rings. The molecule has 0 saturated heterocycles. The molecule has 0 bridgehead atoms. The molecular formula is C8H5ClF2O3. The van der Waals surface area contributed by atoms with E-state index in [1.165, 1.54) is 0 Å². The highest BCUT2D eigenvalue weighted by Crippen LogP contribution is 2.29. The normalized spacial score (nSPS) is 10.2. The molecule has 0 aliphatic rings. The van der Waals surface area contributed by atoms with Gasteiger partial charge in [-0.25, -0.2) is 4.39 Å². The van der Waals surface area contributed by atoms with Crippen molar-refractivity contribution in [2.75, 3.05) is 0 Å². The fourth-order valence-corrected chi connectivity index (χ4v) is 1.15. The van der Waals surface area contributed by atoms with Crippen molar-refractivity contribution in [3.05, 3.63) is 28.3 Å². The maximum absolute atomic E-state index is 12.8. The van der Waals surface area contributed by atoms with Crippen LogP contribution in [0.25, 0.3) is 0 Å². The predicted octanol–water partition coefficient (Wildman–Crippen LogP) is 1.95. The smallest absolute Gasteiger partial charge is 0.307 e. The van der Waals surface area contributed by atoms with Crippen LogP contribution in [-0.2, 0) is 11.2 Å². The Morgan fingerprint density at radius 2 is 2.00 bits per heavy atom. The molecule has 0 spiro atoms. The molecule has 0 aromatic heterocycles. The molecule has 1 rings (SSSR count). The molecule has 0 aliphatic carbocycles. The molecule has 0 heterocycles. The van der Waals surface area contributed by atoms with E-state index in [0.717, 1.165) is 6.07 Å². The molecule has 0 atom stereocenters. The van der Waals surface area contributed by atoms with E-state index in [0.29, 0.717) is 0 Å². The van der Waals surface area contributed by atoms with Crippen molar-refractivity contribution in [3.63, 3.8) is 0 Å².